The number of hydrogen-bond donors (Lipinski definition) is 0. The van der Waals surface area contributed by atoms with Gasteiger partial charge in [-0.05, 0) is 25.7 Å². The summed E-state index contributed by atoms with van der Waals surface area (Å²) in [6, 6.07) is 3.26. The Morgan fingerprint density at radius 2 is 2.15 bits per heavy atom. The van der Waals surface area contributed by atoms with Crippen molar-refractivity contribution in [1.29, 1.82) is 0 Å². The number of imidazole rings is 1. The maximum absolute atomic E-state index is 13.8. The van der Waals surface area contributed by atoms with Gasteiger partial charge < -0.3 is 4.57 Å². The van der Waals surface area contributed by atoms with Crippen LogP contribution in [0.5, 0.6) is 0 Å². The highest BCUT2D eigenvalue weighted by Crippen LogP contribution is 2.32. The van der Waals surface area contributed by atoms with Crippen LogP contribution in [0.15, 0.2) is 12.1 Å². The summed E-state index contributed by atoms with van der Waals surface area (Å²) in [4.78, 5) is 4.54. The highest BCUT2D eigenvalue weighted by molar-refractivity contribution is 7.98. The maximum atomic E-state index is 13.8. The average Bonchev–Trinajstić information content (AvgIpc) is 2.75. The maximum Gasteiger partial charge on any atom is 0.144 e. The van der Waals surface area contributed by atoms with Crippen molar-refractivity contribution < 1.29 is 4.39 Å². The summed E-state index contributed by atoms with van der Waals surface area (Å²) in [5, 5.41) is -0.144. The van der Waals surface area contributed by atoms with Crippen LogP contribution >= 0.6 is 35.0 Å². The van der Waals surface area contributed by atoms with E-state index >= 15 is 0 Å². The van der Waals surface area contributed by atoms with Crippen LogP contribution in [0.1, 0.15) is 37.5 Å². The number of rotatable bonds is 5. The Kier molecular flexibility index (Phi) is 5.21. The Bertz CT molecular complexity index is 613. The fraction of sp³-hybridized carbons (Fsp3) is 0.500. The third kappa shape index (κ3) is 2.92. The molecule has 2 aromatic rings. The summed E-state index contributed by atoms with van der Waals surface area (Å²) in [5.74, 6) is 1.28. The minimum Gasteiger partial charge on any atom is -0.323 e. The fourth-order valence-electron chi connectivity index (χ4n) is 2.34. The SMILES string of the molecule is CCC(CSC)n1c(C(C)Cl)nc2cc(Cl)c(F)cc21. The Labute approximate surface area is 132 Å². The molecule has 110 valence electrons. The first-order valence-electron chi connectivity index (χ1n) is 6.49. The van der Waals surface area contributed by atoms with Crippen molar-refractivity contribution in [2.24, 2.45) is 0 Å². The van der Waals surface area contributed by atoms with E-state index in [1.54, 1.807) is 17.8 Å². The van der Waals surface area contributed by atoms with Gasteiger partial charge in [-0.15, -0.1) is 11.6 Å². The third-order valence-electron chi connectivity index (χ3n) is 3.31. The van der Waals surface area contributed by atoms with Crippen LogP contribution in [-0.2, 0) is 0 Å². The van der Waals surface area contributed by atoms with E-state index in [0.717, 1.165) is 23.5 Å². The van der Waals surface area contributed by atoms with Crippen molar-refractivity contribution in [3.05, 3.63) is 28.8 Å². The predicted molar refractivity (Wildman–Crippen MR) is 86.7 cm³/mol. The Morgan fingerprint density at radius 3 is 2.70 bits per heavy atom. The van der Waals surface area contributed by atoms with Gasteiger partial charge in [0.1, 0.15) is 11.6 Å². The molecule has 0 aliphatic rings. The van der Waals surface area contributed by atoms with Crippen LogP contribution in [0, 0.1) is 5.82 Å². The predicted octanol–water partition coefficient (Wildman–Crippen LogP) is 5.44. The van der Waals surface area contributed by atoms with Gasteiger partial charge in [0.15, 0.2) is 0 Å². The van der Waals surface area contributed by atoms with Crippen LogP contribution < -0.4 is 0 Å². The molecule has 2 unspecified atom stereocenters. The zero-order chi connectivity index (χ0) is 14.9. The van der Waals surface area contributed by atoms with Crippen molar-refractivity contribution in [3.8, 4) is 0 Å². The lowest BCUT2D eigenvalue weighted by atomic mass is 10.2. The molecule has 1 aromatic heterocycles. The van der Waals surface area contributed by atoms with Crippen LogP contribution in [-0.4, -0.2) is 21.6 Å². The van der Waals surface area contributed by atoms with Crippen LogP contribution in [0.25, 0.3) is 11.0 Å². The zero-order valence-electron chi connectivity index (χ0n) is 11.7. The Balaban J connectivity index is 2.70. The molecule has 6 heteroatoms. The van der Waals surface area contributed by atoms with Gasteiger partial charge in [0.2, 0.25) is 0 Å². The number of aromatic nitrogens is 2. The molecular formula is C14H17Cl2FN2S. The number of halogens is 3. The second-order valence-electron chi connectivity index (χ2n) is 4.73. The standard InChI is InChI=1S/C14H17Cl2FN2S/c1-4-9(7-20-3)19-13-6-11(17)10(16)5-12(13)18-14(19)8(2)15/h5-6,8-9H,4,7H2,1-3H3. The van der Waals surface area contributed by atoms with E-state index in [0.29, 0.717) is 5.52 Å². The molecule has 20 heavy (non-hydrogen) atoms. The van der Waals surface area contributed by atoms with Gasteiger partial charge in [0, 0.05) is 17.9 Å². The first-order valence-corrected chi connectivity index (χ1v) is 8.70. The van der Waals surface area contributed by atoms with Gasteiger partial charge in [0.25, 0.3) is 0 Å². The van der Waals surface area contributed by atoms with E-state index in [1.165, 1.54) is 6.07 Å². The van der Waals surface area contributed by atoms with E-state index < -0.39 is 5.82 Å². The van der Waals surface area contributed by atoms with Crippen molar-refractivity contribution in [1.82, 2.24) is 9.55 Å². The van der Waals surface area contributed by atoms with Crippen LogP contribution in [0.3, 0.4) is 0 Å². The van der Waals surface area contributed by atoms with Gasteiger partial charge in [-0.3, -0.25) is 0 Å². The Morgan fingerprint density at radius 1 is 1.45 bits per heavy atom. The highest BCUT2D eigenvalue weighted by atomic mass is 35.5. The summed E-state index contributed by atoms with van der Waals surface area (Å²) < 4.78 is 15.8. The minimum absolute atomic E-state index is 0.0915. The summed E-state index contributed by atoms with van der Waals surface area (Å²) in [6.45, 7) is 3.99. The first kappa shape index (κ1) is 15.9. The summed E-state index contributed by atoms with van der Waals surface area (Å²) in [6.07, 6.45) is 3.00. The molecule has 0 N–H and O–H groups in total. The molecule has 0 bridgehead atoms. The van der Waals surface area contributed by atoms with Gasteiger partial charge in [0.05, 0.1) is 21.4 Å². The summed E-state index contributed by atoms with van der Waals surface area (Å²) >= 11 is 13.8. The first-order chi connectivity index (χ1) is 9.49. The topological polar surface area (TPSA) is 17.8 Å². The molecule has 0 radical (unpaired) electrons. The number of alkyl halides is 1. The fourth-order valence-corrected chi connectivity index (χ4v) is 3.42. The zero-order valence-corrected chi connectivity index (χ0v) is 14.0. The third-order valence-corrected chi connectivity index (χ3v) is 4.51. The van der Waals surface area contributed by atoms with Gasteiger partial charge in [-0.25, -0.2) is 9.37 Å². The van der Waals surface area contributed by atoms with E-state index in [4.69, 9.17) is 23.2 Å². The molecule has 2 nitrogen and oxygen atoms in total. The molecule has 0 aliphatic carbocycles. The van der Waals surface area contributed by atoms with Crippen molar-refractivity contribution >= 4 is 46.0 Å². The Hall–Kier alpha value is -0.450. The second kappa shape index (κ2) is 6.54. The van der Waals surface area contributed by atoms with Crippen molar-refractivity contribution in [3.63, 3.8) is 0 Å². The number of benzene rings is 1. The second-order valence-corrected chi connectivity index (χ2v) is 6.70. The minimum atomic E-state index is -0.423. The molecule has 2 rings (SSSR count). The smallest absolute Gasteiger partial charge is 0.144 e. The molecule has 0 amide bonds. The van der Waals surface area contributed by atoms with Gasteiger partial charge in [-0.2, -0.15) is 11.8 Å². The van der Waals surface area contributed by atoms with E-state index in [2.05, 4.69) is 22.7 Å². The van der Waals surface area contributed by atoms with Gasteiger partial charge in [-0.1, -0.05) is 18.5 Å². The molecule has 0 fully saturated rings. The number of hydrogen-bond acceptors (Lipinski definition) is 2. The lowest BCUT2D eigenvalue weighted by Gasteiger charge is -2.20. The largest absolute Gasteiger partial charge is 0.323 e. The number of nitrogens with zero attached hydrogens (tertiary/aromatic N) is 2. The van der Waals surface area contributed by atoms with Crippen LogP contribution in [0.2, 0.25) is 5.02 Å². The van der Waals surface area contributed by atoms with E-state index in [-0.39, 0.29) is 16.4 Å². The lowest BCUT2D eigenvalue weighted by Crippen LogP contribution is -2.14. The van der Waals surface area contributed by atoms with E-state index in [9.17, 15) is 4.39 Å². The number of thioether (sulfide) groups is 1. The molecule has 0 saturated carbocycles. The summed E-state index contributed by atoms with van der Waals surface area (Å²) in [5.41, 5.74) is 1.45. The molecular weight excluding hydrogens is 318 g/mol. The van der Waals surface area contributed by atoms with Gasteiger partial charge >= 0.3 is 0 Å². The summed E-state index contributed by atoms with van der Waals surface area (Å²) in [7, 11) is 0. The molecule has 1 aromatic carbocycles. The average molecular weight is 335 g/mol. The normalized spacial score (nSPS) is 14.7. The molecule has 0 aliphatic heterocycles. The molecule has 0 saturated heterocycles. The van der Waals surface area contributed by atoms with Crippen molar-refractivity contribution in [2.75, 3.05) is 12.0 Å². The molecule has 2 atom stereocenters. The highest BCUT2D eigenvalue weighted by Gasteiger charge is 2.21. The molecule has 1 heterocycles. The van der Waals surface area contributed by atoms with Crippen LogP contribution in [0.4, 0.5) is 4.39 Å². The molecule has 0 spiro atoms. The number of fused-ring (bicyclic) bond motifs is 1. The monoisotopic (exact) mass is 334 g/mol. The van der Waals surface area contributed by atoms with Crippen molar-refractivity contribution in [2.45, 2.75) is 31.7 Å². The van der Waals surface area contributed by atoms with E-state index in [1.807, 2.05) is 6.92 Å². The lowest BCUT2D eigenvalue weighted by molar-refractivity contribution is 0.529. The quantitative estimate of drug-likeness (QED) is 0.677.